The smallest absolute Gasteiger partial charge is 0.323 e. The Kier molecular flexibility index (Phi) is 3.82. The zero-order valence-electron chi connectivity index (χ0n) is 12.6. The predicted octanol–water partition coefficient (Wildman–Crippen LogP) is 1.30. The third kappa shape index (κ3) is 2.95. The molecule has 2 rings (SSSR count). The summed E-state index contributed by atoms with van der Waals surface area (Å²) in [5, 5.41) is 9.22. The largest absolute Gasteiger partial charge is 0.480 e. The molecule has 21 heavy (non-hydrogen) atoms. The number of hydrogen-bond acceptors (Lipinski definition) is 4. The summed E-state index contributed by atoms with van der Waals surface area (Å²) in [7, 11) is 1.70. The van der Waals surface area contributed by atoms with Gasteiger partial charge < -0.3 is 5.11 Å². The number of hydrogen-bond donors (Lipinski definition) is 1. The van der Waals surface area contributed by atoms with Gasteiger partial charge in [0.15, 0.2) is 0 Å². The summed E-state index contributed by atoms with van der Waals surface area (Å²) in [5.74, 6) is -0.918. The molecule has 6 heteroatoms. The van der Waals surface area contributed by atoms with Crippen LogP contribution in [0.25, 0.3) is 5.65 Å². The minimum Gasteiger partial charge on any atom is -0.480 e. The van der Waals surface area contributed by atoms with Crippen LogP contribution in [0.5, 0.6) is 0 Å². The lowest BCUT2D eigenvalue weighted by atomic mass is 10.0. The van der Waals surface area contributed by atoms with Gasteiger partial charge in [0, 0.05) is 18.8 Å². The van der Waals surface area contributed by atoms with Gasteiger partial charge in [-0.1, -0.05) is 0 Å². The van der Waals surface area contributed by atoms with E-state index in [1.165, 1.54) is 10.5 Å². The number of pyridine rings is 1. The molecule has 0 unspecified atom stereocenters. The van der Waals surface area contributed by atoms with Crippen LogP contribution in [0, 0.1) is 6.92 Å². The molecule has 112 valence electrons. The highest BCUT2D eigenvalue weighted by Crippen LogP contribution is 2.15. The minimum atomic E-state index is -1.03. The summed E-state index contributed by atoms with van der Waals surface area (Å²) in [6.07, 6.45) is 1.69. The Balaban J connectivity index is 2.40. The lowest BCUT2D eigenvalue weighted by molar-refractivity contribution is -0.148. The summed E-state index contributed by atoms with van der Waals surface area (Å²) in [6.45, 7) is 5.46. The van der Waals surface area contributed by atoms with E-state index < -0.39 is 11.5 Å². The van der Waals surface area contributed by atoms with Crippen LogP contribution < -0.4 is 5.56 Å². The molecule has 0 fully saturated rings. The van der Waals surface area contributed by atoms with Crippen molar-refractivity contribution in [3.63, 3.8) is 0 Å². The predicted molar refractivity (Wildman–Crippen MR) is 79.4 cm³/mol. The number of aryl methyl sites for hydroxylation is 1. The van der Waals surface area contributed by atoms with Crippen molar-refractivity contribution < 1.29 is 9.90 Å². The molecule has 0 radical (unpaired) electrons. The molecule has 1 N–H and O–H groups in total. The van der Waals surface area contributed by atoms with Crippen LogP contribution in [0.3, 0.4) is 0 Å². The zero-order valence-corrected chi connectivity index (χ0v) is 12.6. The molecule has 0 bridgehead atoms. The summed E-state index contributed by atoms with van der Waals surface area (Å²) < 4.78 is 1.47. The Bertz CT molecular complexity index is 749. The van der Waals surface area contributed by atoms with Crippen molar-refractivity contribution in [2.24, 2.45) is 0 Å². The van der Waals surface area contributed by atoms with Crippen molar-refractivity contribution in [2.45, 2.75) is 32.9 Å². The van der Waals surface area contributed by atoms with Crippen LogP contribution in [-0.2, 0) is 11.3 Å². The SMILES string of the molecule is Cc1ccn2c(=O)cc(CN(C)C(C)(C)C(=O)O)nc2c1. The number of carboxylic acids is 1. The molecule has 0 aromatic carbocycles. The number of likely N-dealkylation sites (N-methyl/N-ethyl adjacent to an activating group) is 1. The average Bonchev–Trinajstić information content (AvgIpc) is 2.37. The van der Waals surface area contributed by atoms with Crippen molar-refractivity contribution in [3.8, 4) is 0 Å². The third-order valence-electron chi connectivity index (χ3n) is 3.75. The highest BCUT2D eigenvalue weighted by Gasteiger charge is 2.32. The second-order valence-electron chi connectivity index (χ2n) is 5.74. The normalized spacial score (nSPS) is 12.0. The number of nitrogens with zero attached hydrogens (tertiary/aromatic N) is 3. The van der Waals surface area contributed by atoms with Crippen LogP contribution in [-0.4, -0.2) is 37.9 Å². The van der Waals surface area contributed by atoms with Gasteiger partial charge in [0.2, 0.25) is 0 Å². The first-order valence-corrected chi connectivity index (χ1v) is 6.65. The van der Waals surface area contributed by atoms with Gasteiger partial charge in [-0.15, -0.1) is 0 Å². The van der Waals surface area contributed by atoms with Gasteiger partial charge in [0.1, 0.15) is 11.2 Å². The maximum Gasteiger partial charge on any atom is 0.323 e. The quantitative estimate of drug-likeness (QED) is 0.918. The van der Waals surface area contributed by atoms with Crippen LogP contribution >= 0.6 is 0 Å². The van der Waals surface area contributed by atoms with E-state index in [0.29, 0.717) is 17.9 Å². The first-order chi connectivity index (χ1) is 9.71. The van der Waals surface area contributed by atoms with Gasteiger partial charge in [0.05, 0.1) is 5.69 Å². The first-order valence-electron chi connectivity index (χ1n) is 6.65. The lowest BCUT2D eigenvalue weighted by Gasteiger charge is -2.31. The molecule has 2 heterocycles. The van der Waals surface area contributed by atoms with Gasteiger partial charge >= 0.3 is 5.97 Å². The topological polar surface area (TPSA) is 74.9 Å². The Labute approximate surface area is 122 Å². The Morgan fingerprint density at radius 1 is 1.43 bits per heavy atom. The molecule has 6 nitrogen and oxygen atoms in total. The van der Waals surface area contributed by atoms with Gasteiger partial charge in [-0.25, -0.2) is 4.98 Å². The first kappa shape index (κ1) is 15.2. The summed E-state index contributed by atoms with van der Waals surface area (Å²) in [4.78, 5) is 29.4. The number of carbonyl (C=O) groups is 1. The van der Waals surface area contributed by atoms with Gasteiger partial charge in [0.25, 0.3) is 5.56 Å². The fourth-order valence-corrected chi connectivity index (χ4v) is 1.94. The molecule has 0 amide bonds. The van der Waals surface area contributed by atoms with Gasteiger partial charge in [-0.3, -0.25) is 18.9 Å². The van der Waals surface area contributed by atoms with Gasteiger partial charge in [-0.05, 0) is 45.5 Å². The molecule has 0 saturated carbocycles. The molecule has 0 spiro atoms. The minimum absolute atomic E-state index is 0.170. The fraction of sp³-hybridized carbons (Fsp3) is 0.400. The second-order valence-corrected chi connectivity index (χ2v) is 5.74. The van der Waals surface area contributed by atoms with Crippen LogP contribution in [0.4, 0.5) is 0 Å². The maximum absolute atomic E-state index is 12.1. The standard InChI is InChI=1S/C15H19N3O3/c1-10-5-6-18-12(7-10)16-11(8-13(18)19)9-17(4)15(2,3)14(20)21/h5-8H,9H2,1-4H3,(H,20,21). The number of fused-ring (bicyclic) bond motifs is 1. The van der Waals surface area contributed by atoms with Crippen molar-refractivity contribution in [1.29, 1.82) is 0 Å². The molecular weight excluding hydrogens is 270 g/mol. The molecule has 0 aliphatic carbocycles. The van der Waals surface area contributed by atoms with Crippen molar-refractivity contribution in [2.75, 3.05) is 7.05 Å². The molecule has 2 aromatic rings. The third-order valence-corrected chi connectivity index (χ3v) is 3.75. The Hall–Kier alpha value is -2.21. The zero-order chi connectivity index (χ0) is 15.8. The van der Waals surface area contributed by atoms with E-state index >= 15 is 0 Å². The fourth-order valence-electron chi connectivity index (χ4n) is 1.94. The van der Waals surface area contributed by atoms with Gasteiger partial charge in [-0.2, -0.15) is 0 Å². The second kappa shape index (κ2) is 5.29. The van der Waals surface area contributed by atoms with E-state index in [9.17, 15) is 14.7 Å². The van der Waals surface area contributed by atoms with E-state index in [0.717, 1.165) is 5.56 Å². The van der Waals surface area contributed by atoms with Crippen molar-refractivity contribution in [1.82, 2.24) is 14.3 Å². The highest BCUT2D eigenvalue weighted by molar-refractivity contribution is 5.77. The monoisotopic (exact) mass is 289 g/mol. The summed E-state index contributed by atoms with van der Waals surface area (Å²) in [5.41, 5.74) is 0.940. The number of rotatable bonds is 4. The Morgan fingerprint density at radius 2 is 2.10 bits per heavy atom. The van der Waals surface area contributed by atoms with Crippen molar-refractivity contribution in [3.05, 3.63) is 46.0 Å². The highest BCUT2D eigenvalue weighted by atomic mass is 16.4. The Morgan fingerprint density at radius 3 is 2.71 bits per heavy atom. The number of aromatic nitrogens is 2. The van der Waals surface area contributed by atoms with E-state index in [2.05, 4.69) is 4.98 Å². The van der Waals surface area contributed by atoms with E-state index in [4.69, 9.17) is 0 Å². The van der Waals surface area contributed by atoms with Crippen LogP contribution in [0.1, 0.15) is 25.1 Å². The molecule has 0 aliphatic heterocycles. The maximum atomic E-state index is 12.1. The molecule has 0 aliphatic rings. The molecule has 0 saturated heterocycles. The number of aliphatic carboxylic acids is 1. The van der Waals surface area contributed by atoms with Crippen LogP contribution in [0.15, 0.2) is 29.2 Å². The number of carboxylic acid groups (broad SMARTS) is 1. The molecule has 0 atom stereocenters. The van der Waals surface area contributed by atoms with E-state index in [1.807, 2.05) is 19.1 Å². The average molecular weight is 289 g/mol. The molecular formula is C15H19N3O3. The summed E-state index contributed by atoms with van der Waals surface area (Å²) >= 11 is 0. The lowest BCUT2D eigenvalue weighted by Crippen LogP contribution is -2.47. The van der Waals surface area contributed by atoms with Crippen molar-refractivity contribution >= 4 is 11.6 Å². The van der Waals surface area contributed by atoms with E-state index in [-0.39, 0.29) is 5.56 Å². The molecule has 2 aromatic heterocycles. The van der Waals surface area contributed by atoms with E-state index in [1.54, 1.807) is 32.0 Å². The van der Waals surface area contributed by atoms with Crippen LogP contribution in [0.2, 0.25) is 0 Å². The summed E-state index contributed by atoms with van der Waals surface area (Å²) in [6, 6.07) is 5.11.